The number of esters is 1. The number of hydrogen-bond acceptors (Lipinski definition) is 4. The van der Waals surface area contributed by atoms with Gasteiger partial charge in [-0.25, -0.2) is 4.39 Å². The molecule has 146 valence electrons. The summed E-state index contributed by atoms with van der Waals surface area (Å²) in [7, 11) is 0. The van der Waals surface area contributed by atoms with Crippen molar-refractivity contribution in [3.8, 4) is 0 Å². The van der Waals surface area contributed by atoms with E-state index in [1.165, 1.54) is 18.2 Å². The smallest absolute Gasteiger partial charge is 0.310 e. The zero-order valence-electron chi connectivity index (χ0n) is 14.9. The van der Waals surface area contributed by atoms with Gasteiger partial charge in [0.1, 0.15) is 5.82 Å². The van der Waals surface area contributed by atoms with Crippen molar-refractivity contribution >= 4 is 40.8 Å². The average Bonchev–Trinajstić information content (AvgIpc) is 3.10. The number of hydrogen-bond donors (Lipinski definition) is 1. The second-order valence-electron chi connectivity index (χ2n) is 6.28. The van der Waals surface area contributed by atoms with Crippen LogP contribution >= 0.6 is 11.6 Å². The summed E-state index contributed by atoms with van der Waals surface area (Å²) in [6.45, 7) is 0.184. The topological polar surface area (TPSA) is 75.7 Å². The van der Waals surface area contributed by atoms with E-state index in [-0.39, 0.29) is 22.9 Å². The lowest BCUT2D eigenvalue weighted by atomic mass is 10.1. The van der Waals surface area contributed by atoms with E-state index in [1.807, 2.05) is 0 Å². The van der Waals surface area contributed by atoms with Crippen molar-refractivity contribution in [3.05, 3.63) is 58.9 Å². The van der Waals surface area contributed by atoms with Crippen LogP contribution in [0.3, 0.4) is 0 Å². The third-order valence-electron chi connectivity index (χ3n) is 4.28. The van der Waals surface area contributed by atoms with E-state index in [1.54, 1.807) is 29.2 Å². The molecule has 2 amide bonds. The maximum atomic E-state index is 13.7. The van der Waals surface area contributed by atoms with E-state index in [0.717, 1.165) is 12.1 Å². The molecule has 8 heteroatoms. The fourth-order valence-electron chi connectivity index (χ4n) is 2.89. The number of benzene rings is 2. The number of carbonyl (C=O) groups excluding carboxylic acids is 3. The van der Waals surface area contributed by atoms with Crippen LogP contribution in [0.4, 0.5) is 15.8 Å². The van der Waals surface area contributed by atoms with Crippen molar-refractivity contribution in [1.29, 1.82) is 0 Å². The molecule has 0 spiro atoms. The van der Waals surface area contributed by atoms with Gasteiger partial charge in [0.15, 0.2) is 6.61 Å². The summed E-state index contributed by atoms with van der Waals surface area (Å²) in [5.74, 6) is -1.81. The number of nitrogens with zero attached hydrogens (tertiary/aromatic N) is 1. The molecule has 0 aromatic heterocycles. The third-order valence-corrected chi connectivity index (χ3v) is 4.64. The van der Waals surface area contributed by atoms with E-state index >= 15 is 0 Å². The summed E-state index contributed by atoms with van der Waals surface area (Å²) in [6.07, 6.45) is 1.01. The number of anilines is 2. The molecule has 0 radical (unpaired) electrons. The Kier molecular flexibility index (Phi) is 6.26. The Labute approximate surface area is 166 Å². The van der Waals surface area contributed by atoms with Gasteiger partial charge >= 0.3 is 5.97 Å². The highest BCUT2D eigenvalue weighted by atomic mass is 35.5. The highest BCUT2D eigenvalue weighted by molar-refractivity contribution is 6.31. The van der Waals surface area contributed by atoms with E-state index in [9.17, 15) is 18.8 Å². The summed E-state index contributed by atoms with van der Waals surface area (Å²) in [6, 6.07) is 10.9. The first-order valence-corrected chi connectivity index (χ1v) is 9.10. The Morgan fingerprint density at radius 1 is 1.18 bits per heavy atom. The van der Waals surface area contributed by atoms with Gasteiger partial charge in [-0.3, -0.25) is 14.4 Å². The van der Waals surface area contributed by atoms with E-state index in [0.29, 0.717) is 18.7 Å². The molecule has 1 saturated heterocycles. The molecule has 0 atom stereocenters. The standard InChI is InChI=1S/C20H18ClFN2O4/c21-16-3-1-4-17(22)15(16)11-20(27)28-12-18(25)23-13-6-8-14(9-7-13)24-10-2-5-19(24)26/h1,3-4,6-9H,2,5,10-12H2,(H,23,25). The summed E-state index contributed by atoms with van der Waals surface area (Å²) < 4.78 is 18.5. The minimum atomic E-state index is -0.759. The van der Waals surface area contributed by atoms with E-state index in [2.05, 4.69) is 5.32 Å². The second-order valence-corrected chi connectivity index (χ2v) is 6.69. The van der Waals surface area contributed by atoms with Gasteiger partial charge in [-0.15, -0.1) is 0 Å². The lowest BCUT2D eigenvalue weighted by Crippen LogP contribution is -2.24. The lowest BCUT2D eigenvalue weighted by Gasteiger charge is -2.16. The van der Waals surface area contributed by atoms with Gasteiger partial charge < -0.3 is 15.0 Å². The quantitative estimate of drug-likeness (QED) is 0.749. The van der Waals surface area contributed by atoms with Crippen LogP contribution in [-0.2, 0) is 25.5 Å². The maximum absolute atomic E-state index is 13.7. The van der Waals surface area contributed by atoms with Gasteiger partial charge in [0.05, 0.1) is 6.42 Å². The van der Waals surface area contributed by atoms with Crippen LogP contribution < -0.4 is 10.2 Å². The molecule has 1 N–H and O–H groups in total. The molecular formula is C20H18ClFN2O4. The Hall–Kier alpha value is -2.93. The molecule has 2 aromatic carbocycles. The molecule has 1 aliphatic heterocycles. The van der Waals surface area contributed by atoms with Gasteiger partial charge in [-0.2, -0.15) is 0 Å². The first kappa shape index (κ1) is 19.8. The highest BCUT2D eigenvalue weighted by Gasteiger charge is 2.21. The summed E-state index contributed by atoms with van der Waals surface area (Å²) in [5.41, 5.74) is 1.31. The van der Waals surface area contributed by atoms with Crippen LogP contribution in [0.25, 0.3) is 0 Å². The number of amides is 2. The molecule has 0 bridgehead atoms. The van der Waals surface area contributed by atoms with Crippen LogP contribution in [0, 0.1) is 5.82 Å². The van der Waals surface area contributed by atoms with Gasteiger partial charge in [-0.1, -0.05) is 17.7 Å². The van der Waals surface area contributed by atoms with Gasteiger partial charge in [0.2, 0.25) is 5.91 Å². The molecule has 28 heavy (non-hydrogen) atoms. The third kappa shape index (κ3) is 4.86. The molecule has 3 rings (SSSR count). The van der Waals surface area contributed by atoms with Crippen LogP contribution in [0.5, 0.6) is 0 Å². The molecule has 0 aliphatic carbocycles. The number of ether oxygens (including phenoxy) is 1. The SMILES string of the molecule is O=C(COC(=O)Cc1c(F)cccc1Cl)Nc1ccc(N2CCCC2=O)cc1. The van der Waals surface area contributed by atoms with Crippen molar-refractivity contribution in [2.24, 2.45) is 0 Å². The predicted molar refractivity (Wildman–Crippen MR) is 103 cm³/mol. The highest BCUT2D eigenvalue weighted by Crippen LogP contribution is 2.23. The zero-order chi connectivity index (χ0) is 20.1. The molecular weight excluding hydrogens is 387 g/mol. The Balaban J connectivity index is 1.49. The van der Waals surface area contributed by atoms with Gasteiger partial charge in [-0.05, 0) is 42.8 Å². The van der Waals surface area contributed by atoms with Crippen LogP contribution in [0.15, 0.2) is 42.5 Å². The lowest BCUT2D eigenvalue weighted by molar-refractivity contribution is -0.146. The van der Waals surface area contributed by atoms with Crippen molar-refractivity contribution in [2.75, 3.05) is 23.4 Å². The van der Waals surface area contributed by atoms with Crippen molar-refractivity contribution in [2.45, 2.75) is 19.3 Å². The van der Waals surface area contributed by atoms with Gasteiger partial charge in [0, 0.05) is 34.9 Å². The van der Waals surface area contributed by atoms with Crippen molar-refractivity contribution < 1.29 is 23.5 Å². The second kappa shape index (κ2) is 8.84. The normalized spacial score (nSPS) is 13.5. The minimum Gasteiger partial charge on any atom is -0.455 e. The van der Waals surface area contributed by atoms with E-state index < -0.39 is 24.3 Å². The first-order valence-electron chi connectivity index (χ1n) is 8.73. The molecule has 1 aliphatic rings. The monoisotopic (exact) mass is 404 g/mol. The Bertz CT molecular complexity index is 881. The predicted octanol–water partition coefficient (Wildman–Crippen LogP) is 3.33. The van der Waals surface area contributed by atoms with Crippen molar-refractivity contribution in [3.63, 3.8) is 0 Å². The Morgan fingerprint density at radius 3 is 2.57 bits per heavy atom. The molecule has 6 nitrogen and oxygen atoms in total. The fraction of sp³-hybridized carbons (Fsp3) is 0.250. The first-order chi connectivity index (χ1) is 13.4. The maximum Gasteiger partial charge on any atom is 0.310 e. The molecule has 0 unspecified atom stereocenters. The molecule has 1 fully saturated rings. The number of nitrogens with one attached hydrogen (secondary N) is 1. The largest absolute Gasteiger partial charge is 0.455 e. The molecule has 2 aromatic rings. The minimum absolute atomic E-state index is 0.0293. The summed E-state index contributed by atoms with van der Waals surface area (Å²) >= 11 is 5.86. The zero-order valence-corrected chi connectivity index (χ0v) is 15.7. The van der Waals surface area contributed by atoms with Crippen LogP contribution in [0.1, 0.15) is 18.4 Å². The van der Waals surface area contributed by atoms with E-state index in [4.69, 9.17) is 16.3 Å². The van der Waals surface area contributed by atoms with Gasteiger partial charge in [0.25, 0.3) is 5.91 Å². The molecule has 0 saturated carbocycles. The fourth-order valence-corrected chi connectivity index (χ4v) is 3.12. The summed E-state index contributed by atoms with van der Waals surface area (Å²) in [4.78, 5) is 37.2. The number of halogens is 2. The summed E-state index contributed by atoms with van der Waals surface area (Å²) in [5, 5.41) is 2.72. The Morgan fingerprint density at radius 2 is 1.93 bits per heavy atom. The number of carbonyl (C=O) groups is 3. The number of rotatable bonds is 6. The molecule has 1 heterocycles. The average molecular weight is 405 g/mol. The van der Waals surface area contributed by atoms with Crippen LogP contribution in [0.2, 0.25) is 5.02 Å². The van der Waals surface area contributed by atoms with Crippen LogP contribution in [-0.4, -0.2) is 30.9 Å². The van der Waals surface area contributed by atoms with Crippen molar-refractivity contribution in [1.82, 2.24) is 0 Å².